The summed E-state index contributed by atoms with van der Waals surface area (Å²) in [5.74, 6) is -0.201. The molecule has 0 spiro atoms. The highest BCUT2D eigenvalue weighted by molar-refractivity contribution is 7.21. The Morgan fingerprint density at radius 2 is 1.74 bits per heavy atom. The number of carbonyl (C=O) groups excluding carboxylic acids is 1. The van der Waals surface area contributed by atoms with Crippen molar-refractivity contribution in [2.24, 2.45) is 0 Å². The maximum absolute atomic E-state index is 13.7. The molecule has 7 heteroatoms. The Balaban J connectivity index is 1.77. The number of hydrogen-bond donors (Lipinski definition) is 0. The van der Waals surface area contributed by atoms with Crippen molar-refractivity contribution < 1.29 is 9.72 Å². The summed E-state index contributed by atoms with van der Waals surface area (Å²) in [6.45, 7) is 4.29. The lowest BCUT2D eigenvalue weighted by atomic mass is 10.1. The van der Waals surface area contributed by atoms with Crippen molar-refractivity contribution in [1.29, 1.82) is 0 Å². The first kappa shape index (κ1) is 21.0. The van der Waals surface area contributed by atoms with Crippen LogP contribution in [0, 0.1) is 24.0 Å². The van der Waals surface area contributed by atoms with E-state index in [0.717, 1.165) is 32.5 Å². The maximum atomic E-state index is 13.7. The second-order valence-corrected chi connectivity index (χ2v) is 8.75. The molecule has 4 aromatic rings. The Hall–Kier alpha value is -3.22. The molecule has 1 aromatic heterocycles. The fourth-order valence-electron chi connectivity index (χ4n) is 3.35. The predicted molar refractivity (Wildman–Crippen MR) is 126 cm³/mol. The summed E-state index contributed by atoms with van der Waals surface area (Å²) < 4.78 is 0.950. The van der Waals surface area contributed by atoms with Crippen LogP contribution in [0.3, 0.4) is 0 Å². The van der Waals surface area contributed by atoms with E-state index in [2.05, 4.69) is 0 Å². The predicted octanol–water partition coefficient (Wildman–Crippen LogP) is 6.93. The van der Waals surface area contributed by atoms with Crippen LogP contribution in [0.5, 0.6) is 0 Å². The SMILES string of the molecule is Cc1ccc(N(Cc2ccc([N+](=O)[O-])cc2)C(=O)c2sc3ccccc3c2Cl)cc1C. The minimum atomic E-state index is -0.437. The smallest absolute Gasteiger partial charge is 0.270 e. The normalized spacial score (nSPS) is 10.9. The highest BCUT2D eigenvalue weighted by Gasteiger charge is 2.24. The third kappa shape index (κ3) is 4.17. The Labute approximate surface area is 188 Å². The summed E-state index contributed by atoms with van der Waals surface area (Å²) in [7, 11) is 0. The average molecular weight is 451 g/mol. The van der Waals surface area contributed by atoms with Crippen LogP contribution < -0.4 is 4.90 Å². The van der Waals surface area contributed by atoms with E-state index >= 15 is 0 Å². The molecular formula is C24H19ClN2O3S. The third-order valence-corrected chi connectivity index (χ3v) is 6.93. The second kappa shape index (κ2) is 8.49. The number of halogens is 1. The molecule has 0 atom stereocenters. The molecule has 3 aromatic carbocycles. The van der Waals surface area contributed by atoms with E-state index in [-0.39, 0.29) is 18.1 Å². The summed E-state index contributed by atoms with van der Waals surface area (Å²) in [6.07, 6.45) is 0. The van der Waals surface area contributed by atoms with Gasteiger partial charge in [0.2, 0.25) is 0 Å². The summed E-state index contributed by atoms with van der Waals surface area (Å²) >= 11 is 7.95. The number of non-ortho nitro benzene ring substituents is 1. The number of hydrogen-bond acceptors (Lipinski definition) is 4. The number of nitro benzene ring substituents is 1. The number of fused-ring (bicyclic) bond motifs is 1. The van der Waals surface area contributed by atoms with Gasteiger partial charge in [0.05, 0.1) is 16.5 Å². The lowest BCUT2D eigenvalue weighted by Gasteiger charge is -2.23. The van der Waals surface area contributed by atoms with Crippen molar-refractivity contribution in [1.82, 2.24) is 0 Å². The van der Waals surface area contributed by atoms with Crippen molar-refractivity contribution >= 4 is 50.3 Å². The minimum absolute atomic E-state index is 0.0142. The van der Waals surface area contributed by atoms with Gasteiger partial charge in [0.15, 0.2) is 0 Å². The van der Waals surface area contributed by atoms with Crippen LogP contribution in [0.25, 0.3) is 10.1 Å². The Kier molecular flexibility index (Phi) is 5.76. The lowest BCUT2D eigenvalue weighted by Crippen LogP contribution is -2.30. The molecule has 0 N–H and O–H groups in total. The second-order valence-electron chi connectivity index (χ2n) is 7.32. The number of rotatable bonds is 5. The van der Waals surface area contributed by atoms with Gasteiger partial charge in [-0.15, -0.1) is 11.3 Å². The van der Waals surface area contributed by atoms with E-state index < -0.39 is 4.92 Å². The van der Waals surface area contributed by atoms with Crippen LogP contribution in [0.2, 0.25) is 5.02 Å². The summed E-state index contributed by atoms with van der Waals surface area (Å²) in [5, 5.41) is 12.3. The molecule has 0 aliphatic rings. The Morgan fingerprint density at radius 3 is 2.39 bits per heavy atom. The van der Waals surface area contributed by atoms with Crippen LogP contribution in [-0.4, -0.2) is 10.8 Å². The quantitative estimate of drug-likeness (QED) is 0.244. The van der Waals surface area contributed by atoms with E-state index in [1.807, 2.05) is 56.3 Å². The van der Waals surface area contributed by atoms with Crippen molar-refractivity contribution in [3.8, 4) is 0 Å². The molecule has 0 fully saturated rings. The number of benzene rings is 3. The Morgan fingerprint density at radius 1 is 1.03 bits per heavy atom. The number of anilines is 1. The van der Waals surface area contributed by atoms with E-state index in [1.54, 1.807) is 17.0 Å². The minimum Gasteiger partial charge on any atom is -0.303 e. The molecule has 0 radical (unpaired) electrons. The molecule has 4 rings (SSSR count). The van der Waals surface area contributed by atoms with Crippen molar-refractivity contribution in [3.63, 3.8) is 0 Å². The van der Waals surface area contributed by atoms with E-state index in [1.165, 1.54) is 23.5 Å². The van der Waals surface area contributed by atoms with Gasteiger partial charge in [-0.05, 0) is 48.7 Å². The van der Waals surface area contributed by atoms with Gasteiger partial charge in [-0.25, -0.2) is 0 Å². The summed E-state index contributed by atoms with van der Waals surface area (Å²) in [6, 6.07) is 19.8. The molecule has 0 saturated carbocycles. The molecule has 0 unspecified atom stereocenters. The third-order valence-electron chi connectivity index (χ3n) is 5.26. The number of aryl methyl sites for hydroxylation is 2. The van der Waals surface area contributed by atoms with Crippen LogP contribution in [0.4, 0.5) is 11.4 Å². The molecule has 5 nitrogen and oxygen atoms in total. The molecule has 1 amide bonds. The molecule has 1 heterocycles. The largest absolute Gasteiger partial charge is 0.303 e. The van der Waals surface area contributed by atoms with Gasteiger partial charge in [-0.3, -0.25) is 14.9 Å². The van der Waals surface area contributed by atoms with Gasteiger partial charge in [0.25, 0.3) is 11.6 Å². The standard InChI is InChI=1S/C24H19ClN2O3S/c1-15-7-10-19(13-16(15)2)26(14-17-8-11-18(12-9-17)27(29)30)24(28)23-22(25)20-5-3-4-6-21(20)31-23/h3-13H,14H2,1-2H3. The first-order valence-corrected chi connectivity index (χ1v) is 10.8. The lowest BCUT2D eigenvalue weighted by molar-refractivity contribution is -0.384. The number of amides is 1. The first-order chi connectivity index (χ1) is 14.8. The topological polar surface area (TPSA) is 63.4 Å². The molecule has 0 aliphatic carbocycles. The molecular weight excluding hydrogens is 432 g/mol. The van der Waals surface area contributed by atoms with Gasteiger partial charge < -0.3 is 4.90 Å². The molecule has 0 bridgehead atoms. The fraction of sp³-hybridized carbons (Fsp3) is 0.125. The number of nitrogens with zero attached hydrogens (tertiary/aromatic N) is 2. The van der Waals surface area contributed by atoms with E-state index in [4.69, 9.17) is 11.6 Å². The average Bonchev–Trinajstić information content (AvgIpc) is 3.11. The van der Waals surface area contributed by atoms with Crippen molar-refractivity contribution in [2.45, 2.75) is 20.4 Å². The highest BCUT2D eigenvalue weighted by Crippen LogP contribution is 2.37. The first-order valence-electron chi connectivity index (χ1n) is 9.64. The monoisotopic (exact) mass is 450 g/mol. The van der Waals surface area contributed by atoms with E-state index in [0.29, 0.717) is 9.90 Å². The summed E-state index contributed by atoms with van der Waals surface area (Å²) in [5.41, 5.74) is 3.75. The zero-order chi connectivity index (χ0) is 22.1. The van der Waals surface area contributed by atoms with Crippen LogP contribution in [-0.2, 0) is 6.54 Å². The molecule has 156 valence electrons. The van der Waals surface area contributed by atoms with Crippen LogP contribution >= 0.6 is 22.9 Å². The van der Waals surface area contributed by atoms with Gasteiger partial charge in [0, 0.05) is 27.9 Å². The van der Waals surface area contributed by atoms with Crippen molar-refractivity contribution in [3.05, 3.63) is 103 Å². The molecule has 31 heavy (non-hydrogen) atoms. The molecule has 0 saturated heterocycles. The number of carbonyl (C=O) groups is 1. The van der Waals surface area contributed by atoms with Gasteiger partial charge in [-0.1, -0.05) is 48.0 Å². The number of thiophene rings is 1. The van der Waals surface area contributed by atoms with Gasteiger partial charge in [0.1, 0.15) is 4.88 Å². The summed E-state index contributed by atoms with van der Waals surface area (Å²) in [4.78, 5) is 26.3. The van der Waals surface area contributed by atoms with Crippen molar-refractivity contribution in [2.75, 3.05) is 4.90 Å². The highest BCUT2D eigenvalue weighted by atomic mass is 35.5. The van der Waals surface area contributed by atoms with Gasteiger partial charge >= 0.3 is 0 Å². The Bertz CT molecular complexity index is 1300. The number of nitro groups is 1. The zero-order valence-corrected chi connectivity index (χ0v) is 18.5. The van der Waals surface area contributed by atoms with Gasteiger partial charge in [-0.2, -0.15) is 0 Å². The molecule has 0 aliphatic heterocycles. The fourth-order valence-corrected chi connectivity index (χ4v) is 4.81. The van der Waals surface area contributed by atoms with Crippen LogP contribution in [0.15, 0.2) is 66.7 Å². The zero-order valence-electron chi connectivity index (χ0n) is 17.0. The maximum Gasteiger partial charge on any atom is 0.270 e. The van der Waals surface area contributed by atoms with E-state index in [9.17, 15) is 14.9 Å². The van der Waals surface area contributed by atoms with Crippen LogP contribution in [0.1, 0.15) is 26.4 Å².